The molecular formula is C29H56O2. The molecular weight excluding hydrogens is 380 g/mol. The summed E-state index contributed by atoms with van der Waals surface area (Å²) < 4.78 is 5.39. The van der Waals surface area contributed by atoms with Gasteiger partial charge in [-0.15, -0.1) is 0 Å². The van der Waals surface area contributed by atoms with Crippen molar-refractivity contribution in [2.45, 2.75) is 162 Å². The minimum Gasteiger partial charge on any atom is -0.466 e. The molecule has 2 heteroatoms. The number of carbonyl (C=O) groups excluding carboxylic acids is 1. The van der Waals surface area contributed by atoms with Crippen LogP contribution in [0.15, 0.2) is 12.2 Å². The third-order valence-electron chi connectivity index (χ3n) is 6.15. The number of hydrogen-bond acceptors (Lipinski definition) is 2. The van der Waals surface area contributed by atoms with E-state index in [1.54, 1.807) is 0 Å². The molecule has 0 saturated heterocycles. The maximum Gasteiger partial charge on any atom is 0.305 e. The van der Waals surface area contributed by atoms with Gasteiger partial charge in [-0.3, -0.25) is 4.79 Å². The van der Waals surface area contributed by atoms with E-state index in [0.29, 0.717) is 13.0 Å². The topological polar surface area (TPSA) is 26.3 Å². The first-order valence-electron chi connectivity index (χ1n) is 14.1. The Bertz CT molecular complexity index is 375. The Morgan fingerprint density at radius 2 is 0.935 bits per heavy atom. The highest BCUT2D eigenvalue weighted by molar-refractivity contribution is 5.69. The van der Waals surface area contributed by atoms with Gasteiger partial charge in [-0.25, -0.2) is 0 Å². The zero-order valence-electron chi connectivity index (χ0n) is 21.4. The Morgan fingerprint density at radius 1 is 0.516 bits per heavy atom. The molecule has 0 unspecified atom stereocenters. The lowest BCUT2D eigenvalue weighted by molar-refractivity contribution is -0.143. The van der Waals surface area contributed by atoms with Crippen LogP contribution in [-0.2, 0) is 9.53 Å². The first-order chi connectivity index (χ1) is 15.3. The lowest BCUT2D eigenvalue weighted by atomic mass is 10.0. The van der Waals surface area contributed by atoms with Gasteiger partial charge in [-0.1, -0.05) is 135 Å². The second-order valence-electron chi connectivity index (χ2n) is 9.38. The smallest absolute Gasteiger partial charge is 0.305 e. The molecule has 2 nitrogen and oxygen atoms in total. The Balaban J connectivity index is 3.17. The van der Waals surface area contributed by atoms with Crippen LogP contribution in [0.25, 0.3) is 0 Å². The predicted octanol–water partition coefficient (Wildman–Crippen LogP) is 10.1. The third-order valence-corrected chi connectivity index (χ3v) is 6.15. The minimum atomic E-state index is 0.0118. The van der Waals surface area contributed by atoms with Crippen molar-refractivity contribution in [2.75, 3.05) is 6.61 Å². The highest BCUT2D eigenvalue weighted by Gasteiger charge is 2.02. The Hall–Kier alpha value is -0.790. The van der Waals surface area contributed by atoms with Gasteiger partial charge in [0.15, 0.2) is 0 Å². The summed E-state index contributed by atoms with van der Waals surface area (Å²) in [4.78, 5) is 11.8. The molecule has 0 aliphatic carbocycles. The zero-order valence-corrected chi connectivity index (χ0v) is 21.4. The maximum atomic E-state index is 11.8. The minimum absolute atomic E-state index is 0.0118. The molecule has 0 amide bonds. The molecule has 0 aliphatic heterocycles. The number of esters is 1. The molecule has 184 valence electrons. The van der Waals surface area contributed by atoms with E-state index in [1.807, 2.05) is 0 Å². The Morgan fingerprint density at radius 3 is 1.48 bits per heavy atom. The molecule has 0 aliphatic rings. The van der Waals surface area contributed by atoms with Gasteiger partial charge in [-0.05, 0) is 32.1 Å². The molecule has 0 aromatic carbocycles. The molecule has 31 heavy (non-hydrogen) atoms. The van der Waals surface area contributed by atoms with Crippen molar-refractivity contribution in [1.82, 2.24) is 0 Å². The van der Waals surface area contributed by atoms with Crippen molar-refractivity contribution >= 4 is 5.97 Å². The number of unbranched alkanes of at least 4 members (excludes halogenated alkanes) is 19. The molecule has 0 radical (unpaired) electrons. The van der Waals surface area contributed by atoms with Gasteiger partial charge in [0.1, 0.15) is 0 Å². The van der Waals surface area contributed by atoms with E-state index in [9.17, 15) is 4.79 Å². The fourth-order valence-corrected chi connectivity index (χ4v) is 4.00. The lowest BCUT2D eigenvalue weighted by Crippen LogP contribution is -2.05. The molecule has 0 saturated carbocycles. The van der Waals surface area contributed by atoms with Gasteiger partial charge in [0.25, 0.3) is 0 Å². The molecule has 0 bridgehead atoms. The van der Waals surface area contributed by atoms with E-state index in [0.717, 1.165) is 19.3 Å². The molecule has 0 heterocycles. The first-order valence-corrected chi connectivity index (χ1v) is 14.1. The number of rotatable bonds is 25. The van der Waals surface area contributed by atoms with Gasteiger partial charge in [0, 0.05) is 6.42 Å². The van der Waals surface area contributed by atoms with Crippen molar-refractivity contribution in [1.29, 1.82) is 0 Å². The molecule has 0 fully saturated rings. The summed E-state index contributed by atoms with van der Waals surface area (Å²) in [7, 11) is 0. The number of carbonyl (C=O) groups is 1. The van der Waals surface area contributed by atoms with E-state index in [1.165, 1.54) is 122 Å². The van der Waals surface area contributed by atoms with Crippen LogP contribution >= 0.6 is 0 Å². The van der Waals surface area contributed by atoms with Crippen LogP contribution in [0.3, 0.4) is 0 Å². The monoisotopic (exact) mass is 436 g/mol. The fraction of sp³-hybridized carbons (Fsp3) is 0.897. The summed E-state index contributed by atoms with van der Waals surface area (Å²) in [5, 5.41) is 0. The van der Waals surface area contributed by atoms with Crippen LogP contribution in [0, 0.1) is 0 Å². The van der Waals surface area contributed by atoms with E-state index >= 15 is 0 Å². The first kappa shape index (κ1) is 30.2. The third kappa shape index (κ3) is 27.2. The van der Waals surface area contributed by atoms with Crippen LogP contribution in [0.5, 0.6) is 0 Å². The molecule has 0 aromatic heterocycles. The molecule has 0 rings (SSSR count). The van der Waals surface area contributed by atoms with Gasteiger partial charge in [-0.2, -0.15) is 0 Å². The number of allylic oxidation sites excluding steroid dienone is 2. The van der Waals surface area contributed by atoms with Gasteiger partial charge in [0.2, 0.25) is 0 Å². The van der Waals surface area contributed by atoms with Crippen LogP contribution in [0.4, 0.5) is 0 Å². The van der Waals surface area contributed by atoms with Crippen molar-refractivity contribution in [3.05, 3.63) is 12.2 Å². The molecule has 0 atom stereocenters. The second-order valence-corrected chi connectivity index (χ2v) is 9.38. The average Bonchev–Trinajstić information content (AvgIpc) is 2.77. The summed E-state index contributed by atoms with van der Waals surface area (Å²) in [6, 6.07) is 0. The van der Waals surface area contributed by atoms with Gasteiger partial charge >= 0.3 is 5.97 Å². The highest BCUT2D eigenvalue weighted by Crippen LogP contribution is 2.13. The number of hydrogen-bond donors (Lipinski definition) is 0. The SMILES string of the molecule is CCCCC=CCCCCCCCC(=O)OCCCCCCCCCCCCCCC. The highest BCUT2D eigenvalue weighted by atomic mass is 16.5. The standard InChI is InChI=1S/C29H56O2/c1-3-5-7-9-11-13-15-16-18-20-22-24-26-28-31-29(30)27-25-23-21-19-17-14-12-10-8-6-4-2/h10,12H,3-9,11,13-28H2,1-2H3. The lowest BCUT2D eigenvalue weighted by Gasteiger charge is -2.05. The predicted molar refractivity (Wildman–Crippen MR) is 138 cm³/mol. The number of ether oxygens (including phenoxy) is 1. The average molecular weight is 437 g/mol. The zero-order chi connectivity index (χ0) is 22.7. The van der Waals surface area contributed by atoms with Crippen LogP contribution in [0.1, 0.15) is 162 Å². The summed E-state index contributed by atoms with van der Waals surface area (Å²) in [5.74, 6) is 0.0118. The summed E-state index contributed by atoms with van der Waals surface area (Å²) in [6.45, 7) is 5.15. The van der Waals surface area contributed by atoms with E-state index < -0.39 is 0 Å². The van der Waals surface area contributed by atoms with E-state index in [4.69, 9.17) is 4.74 Å². The molecule has 0 N–H and O–H groups in total. The summed E-state index contributed by atoms with van der Waals surface area (Å²) in [6.07, 6.45) is 33.8. The molecule has 0 aromatic rings. The van der Waals surface area contributed by atoms with Crippen LogP contribution in [-0.4, -0.2) is 12.6 Å². The Labute approximate surface area is 196 Å². The van der Waals surface area contributed by atoms with Gasteiger partial charge < -0.3 is 4.74 Å². The fourth-order valence-electron chi connectivity index (χ4n) is 4.00. The van der Waals surface area contributed by atoms with Crippen LogP contribution < -0.4 is 0 Å². The van der Waals surface area contributed by atoms with Crippen LogP contribution in [0.2, 0.25) is 0 Å². The Kier molecular flexibility index (Phi) is 26.5. The second kappa shape index (κ2) is 27.2. The van der Waals surface area contributed by atoms with Crippen molar-refractivity contribution in [2.24, 2.45) is 0 Å². The van der Waals surface area contributed by atoms with Crippen molar-refractivity contribution < 1.29 is 9.53 Å². The van der Waals surface area contributed by atoms with Gasteiger partial charge in [0.05, 0.1) is 6.61 Å². The summed E-state index contributed by atoms with van der Waals surface area (Å²) in [5.41, 5.74) is 0. The van der Waals surface area contributed by atoms with E-state index in [2.05, 4.69) is 26.0 Å². The normalized spacial score (nSPS) is 11.4. The van der Waals surface area contributed by atoms with Crippen molar-refractivity contribution in [3.8, 4) is 0 Å². The largest absolute Gasteiger partial charge is 0.466 e. The van der Waals surface area contributed by atoms with Crippen molar-refractivity contribution in [3.63, 3.8) is 0 Å². The molecule has 0 spiro atoms. The maximum absolute atomic E-state index is 11.8. The summed E-state index contributed by atoms with van der Waals surface area (Å²) >= 11 is 0. The quantitative estimate of drug-likeness (QED) is 0.0808. The van der Waals surface area contributed by atoms with E-state index in [-0.39, 0.29) is 5.97 Å².